The van der Waals surface area contributed by atoms with Crippen molar-refractivity contribution >= 4 is 10.9 Å². The summed E-state index contributed by atoms with van der Waals surface area (Å²) < 4.78 is 5.65. The highest BCUT2D eigenvalue weighted by Gasteiger charge is 2.05. The molecule has 1 aromatic heterocycles. The van der Waals surface area contributed by atoms with Gasteiger partial charge >= 0.3 is 0 Å². The second kappa shape index (κ2) is 4.57. The Morgan fingerprint density at radius 1 is 0.947 bits per heavy atom. The molecule has 0 aliphatic rings. The lowest BCUT2D eigenvalue weighted by atomic mass is 10.2. The number of benzene rings is 2. The number of hydrogen-bond donors (Lipinski definition) is 3. The van der Waals surface area contributed by atoms with Gasteiger partial charge in [-0.2, -0.15) is 0 Å². The SMILES string of the molecule is Oc1ccc(OCc2c[nH]c3cc(O)ccc23)cc1. The molecule has 1 heterocycles. The Hall–Kier alpha value is -2.62. The number of H-pyrrole nitrogens is 1. The summed E-state index contributed by atoms with van der Waals surface area (Å²) in [6.45, 7) is 0.426. The summed E-state index contributed by atoms with van der Waals surface area (Å²) in [6.07, 6.45) is 1.87. The van der Waals surface area contributed by atoms with E-state index in [1.165, 1.54) is 0 Å². The van der Waals surface area contributed by atoms with Gasteiger partial charge < -0.3 is 19.9 Å². The van der Waals surface area contributed by atoms with Crippen molar-refractivity contribution in [3.05, 3.63) is 54.2 Å². The summed E-state index contributed by atoms with van der Waals surface area (Å²) in [5.74, 6) is 1.15. The van der Waals surface area contributed by atoms with Crippen LogP contribution in [0.4, 0.5) is 0 Å². The summed E-state index contributed by atoms with van der Waals surface area (Å²) in [6, 6.07) is 11.8. The van der Waals surface area contributed by atoms with Gasteiger partial charge in [0.05, 0.1) is 0 Å². The second-order valence-electron chi connectivity index (χ2n) is 4.33. The van der Waals surface area contributed by atoms with E-state index in [-0.39, 0.29) is 11.5 Å². The Morgan fingerprint density at radius 3 is 2.47 bits per heavy atom. The highest BCUT2D eigenvalue weighted by molar-refractivity contribution is 5.84. The molecule has 4 heteroatoms. The minimum atomic E-state index is 0.218. The maximum atomic E-state index is 9.40. The Kier molecular flexibility index (Phi) is 2.76. The predicted molar refractivity (Wildman–Crippen MR) is 72.4 cm³/mol. The predicted octanol–water partition coefficient (Wildman–Crippen LogP) is 3.16. The molecular weight excluding hydrogens is 242 g/mol. The maximum Gasteiger partial charge on any atom is 0.120 e. The molecule has 0 saturated carbocycles. The van der Waals surface area contributed by atoms with Crippen LogP contribution >= 0.6 is 0 Å². The molecule has 2 aromatic carbocycles. The zero-order chi connectivity index (χ0) is 13.2. The van der Waals surface area contributed by atoms with E-state index in [9.17, 15) is 10.2 Å². The first-order valence-electron chi connectivity index (χ1n) is 5.93. The Bertz CT molecular complexity index is 701. The smallest absolute Gasteiger partial charge is 0.120 e. The van der Waals surface area contributed by atoms with Crippen molar-refractivity contribution in [1.82, 2.24) is 4.98 Å². The third kappa shape index (κ3) is 2.33. The van der Waals surface area contributed by atoms with E-state index in [1.54, 1.807) is 36.4 Å². The first kappa shape index (κ1) is 11.5. The summed E-state index contributed by atoms with van der Waals surface area (Å²) in [7, 11) is 0. The fraction of sp³-hybridized carbons (Fsp3) is 0.0667. The average Bonchev–Trinajstić information content (AvgIpc) is 2.80. The van der Waals surface area contributed by atoms with Crippen molar-refractivity contribution in [3.63, 3.8) is 0 Å². The molecule has 0 aliphatic heterocycles. The van der Waals surface area contributed by atoms with Gasteiger partial charge in [0.2, 0.25) is 0 Å². The van der Waals surface area contributed by atoms with Gasteiger partial charge in [-0.15, -0.1) is 0 Å². The summed E-state index contributed by atoms with van der Waals surface area (Å²) >= 11 is 0. The number of fused-ring (bicyclic) bond motifs is 1. The van der Waals surface area contributed by atoms with Crippen LogP contribution < -0.4 is 4.74 Å². The highest BCUT2D eigenvalue weighted by Crippen LogP contribution is 2.24. The topological polar surface area (TPSA) is 65.5 Å². The molecule has 0 bridgehead atoms. The molecule has 3 aromatic rings. The number of nitrogens with one attached hydrogen (secondary N) is 1. The van der Waals surface area contributed by atoms with Crippen LogP contribution in [0.3, 0.4) is 0 Å². The maximum absolute atomic E-state index is 9.40. The normalized spacial score (nSPS) is 10.7. The van der Waals surface area contributed by atoms with Crippen LogP contribution in [0.2, 0.25) is 0 Å². The minimum absolute atomic E-state index is 0.218. The van der Waals surface area contributed by atoms with E-state index in [4.69, 9.17) is 4.74 Å². The second-order valence-corrected chi connectivity index (χ2v) is 4.33. The van der Waals surface area contributed by atoms with E-state index in [0.29, 0.717) is 12.4 Å². The standard InChI is InChI=1S/C15H13NO3/c17-11-1-4-13(5-2-11)19-9-10-8-16-15-7-12(18)3-6-14(10)15/h1-8,16-18H,9H2. The van der Waals surface area contributed by atoms with E-state index >= 15 is 0 Å². The van der Waals surface area contributed by atoms with Gasteiger partial charge in [-0.1, -0.05) is 0 Å². The van der Waals surface area contributed by atoms with Gasteiger partial charge in [0.25, 0.3) is 0 Å². The Balaban J connectivity index is 1.80. The van der Waals surface area contributed by atoms with Gasteiger partial charge in [0.1, 0.15) is 23.9 Å². The van der Waals surface area contributed by atoms with Crippen molar-refractivity contribution in [2.24, 2.45) is 0 Å². The zero-order valence-corrected chi connectivity index (χ0v) is 10.1. The Morgan fingerprint density at radius 2 is 1.68 bits per heavy atom. The van der Waals surface area contributed by atoms with Gasteiger partial charge in [-0.05, 0) is 36.4 Å². The summed E-state index contributed by atoms with van der Waals surface area (Å²) in [4.78, 5) is 3.09. The van der Waals surface area contributed by atoms with Crippen LogP contribution in [0.1, 0.15) is 5.56 Å². The first-order valence-corrected chi connectivity index (χ1v) is 5.93. The molecule has 0 fully saturated rings. The largest absolute Gasteiger partial charge is 0.508 e. The monoisotopic (exact) mass is 255 g/mol. The third-order valence-corrected chi connectivity index (χ3v) is 2.98. The van der Waals surface area contributed by atoms with E-state index in [2.05, 4.69) is 4.98 Å². The molecule has 0 radical (unpaired) electrons. The number of phenolic OH excluding ortho intramolecular Hbond substituents is 2. The van der Waals surface area contributed by atoms with Crippen LogP contribution in [-0.4, -0.2) is 15.2 Å². The first-order chi connectivity index (χ1) is 9.22. The van der Waals surface area contributed by atoms with Crippen molar-refractivity contribution < 1.29 is 14.9 Å². The van der Waals surface area contributed by atoms with Crippen molar-refractivity contribution in [2.75, 3.05) is 0 Å². The quantitative estimate of drug-likeness (QED) is 0.673. The number of phenols is 2. The molecule has 0 amide bonds. The molecule has 4 nitrogen and oxygen atoms in total. The van der Waals surface area contributed by atoms with Crippen LogP contribution in [0, 0.1) is 0 Å². The third-order valence-electron chi connectivity index (χ3n) is 2.98. The zero-order valence-electron chi connectivity index (χ0n) is 10.1. The van der Waals surface area contributed by atoms with Crippen LogP contribution in [0.15, 0.2) is 48.7 Å². The number of aromatic hydroxyl groups is 2. The van der Waals surface area contributed by atoms with Crippen molar-refractivity contribution in [3.8, 4) is 17.2 Å². The van der Waals surface area contributed by atoms with Gasteiger partial charge in [0, 0.05) is 28.7 Å². The number of hydrogen-bond acceptors (Lipinski definition) is 3. The molecule has 3 rings (SSSR count). The molecule has 19 heavy (non-hydrogen) atoms. The molecule has 0 spiro atoms. The van der Waals surface area contributed by atoms with E-state index in [1.807, 2.05) is 12.3 Å². The molecule has 0 atom stereocenters. The van der Waals surface area contributed by atoms with E-state index in [0.717, 1.165) is 16.5 Å². The minimum Gasteiger partial charge on any atom is -0.508 e. The molecule has 3 N–H and O–H groups in total. The molecule has 96 valence electrons. The number of ether oxygens (including phenoxy) is 1. The fourth-order valence-electron chi connectivity index (χ4n) is 2.00. The molecule has 0 saturated heterocycles. The molecular formula is C15H13NO3. The summed E-state index contributed by atoms with van der Waals surface area (Å²) in [5, 5.41) is 19.6. The van der Waals surface area contributed by atoms with Gasteiger partial charge in [-0.25, -0.2) is 0 Å². The van der Waals surface area contributed by atoms with Crippen LogP contribution in [0.25, 0.3) is 10.9 Å². The van der Waals surface area contributed by atoms with Gasteiger partial charge in [-0.3, -0.25) is 0 Å². The van der Waals surface area contributed by atoms with Crippen LogP contribution in [0.5, 0.6) is 17.2 Å². The van der Waals surface area contributed by atoms with Crippen LogP contribution in [-0.2, 0) is 6.61 Å². The number of rotatable bonds is 3. The van der Waals surface area contributed by atoms with Crippen molar-refractivity contribution in [2.45, 2.75) is 6.61 Å². The number of aromatic amines is 1. The Labute approximate surface area is 109 Å². The van der Waals surface area contributed by atoms with Gasteiger partial charge in [0.15, 0.2) is 0 Å². The highest BCUT2D eigenvalue weighted by atomic mass is 16.5. The molecule has 0 unspecified atom stereocenters. The summed E-state index contributed by atoms with van der Waals surface area (Å²) in [5.41, 5.74) is 1.90. The average molecular weight is 255 g/mol. The lowest BCUT2D eigenvalue weighted by Gasteiger charge is -2.05. The van der Waals surface area contributed by atoms with E-state index < -0.39 is 0 Å². The lowest BCUT2D eigenvalue weighted by Crippen LogP contribution is -1.93. The fourth-order valence-corrected chi connectivity index (χ4v) is 2.00. The molecule has 0 aliphatic carbocycles. The number of aromatic nitrogens is 1. The lowest BCUT2D eigenvalue weighted by molar-refractivity contribution is 0.307. The van der Waals surface area contributed by atoms with Crippen molar-refractivity contribution in [1.29, 1.82) is 0 Å².